The van der Waals surface area contributed by atoms with Gasteiger partial charge < -0.3 is 10.3 Å². The molecule has 0 atom stereocenters. The quantitative estimate of drug-likeness (QED) is 0.677. The minimum atomic E-state index is 0.689. The summed E-state index contributed by atoms with van der Waals surface area (Å²) >= 11 is 9.79. The van der Waals surface area contributed by atoms with E-state index in [1.54, 1.807) is 6.07 Å². The second kappa shape index (κ2) is 4.91. The third kappa shape index (κ3) is 2.36. The maximum atomic E-state index is 6.23. The molecule has 1 aromatic heterocycles. The van der Waals surface area contributed by atoms with Gasteiger partial charge in [0, 0.05) is 38.8 Å². The second-order valence-electron chi connectivity index (χ2n) is 4.47. The molecule has 0 amide bonds. The summed E-state index contributed by atoms with van der Waals surface area (Å²) in [7, 11) is 0. The Morgan fingerprint density at radius 1 is 1.16 bits per heavy atom. The van der Waals surface area contributed by atoms with Crippen LogP contribution in [0.3, 0.4) is 0 Å². The van der Waals surface area contributed by atoms with Crippen LogP contribution in [0.15, 0.2) is 53.1 Å². The molecule has 96 valence electrons. The van der Waals surface area contributed by atoms with Gasteiger partial charge in [-0.05, 0) is 35.9 Å². The van der Waals surface area contributed by atoms with Crippen LogP contribution >= 0.6 is 27.5 Å². The summed E-state index contributed by atoms with van der Waals surface area (Å²) in [5.74, 6) is 0. The molecule has 0 spiro atoms. The first-order chi connectivity index (χ1) is 9.15. The fourth-order valence-corrected chi connectivity index (χ4v) is 2.94. The van der Waals surface area contributed by atoms with Gasteiger partial charge in [-0.1, -0.05) is 39.7 Å². The Labute approximate surface area is 124 Å². The summed E-state index contributed by atoms with van der Waals surface area (Å²) in [5, 5.41) is 1.91. The van der Waals surface area contributed by atoms with Gasteiger partial charge in [0.05, 0.1) is 0 Å². The van der Waals surface area contributed by atoms with E-state index in [1.807, 2.05) is 24.3 Å². The Morgan fingerprint density at radius 2 is 2.00 bits per heavy atom. The summed E-state index contributed by atoms with van der Waals surface area (Å²) in [6.07, 6.45) is 2.07. The maximum absolute atomic E-state index is 6.23. The highest BCUT2D eigenvalue weighted by Crippen LogP contribution is 2.27. The van der Waals surface area contributed by atoms with E-state index in [0.717, 1.165) is 16.6 Å². The number of nitrogens with two attached hydrogens (primary N) is 1. The molecule has 0 aliphatic carbocycles. The second-order valence-corrected chi connectivity index (χ2v) is 5.73. The molecule has 0 unspecified atom stereocenters. The van der Waals surface area contributed by atoms with Crippen LogP contribution in [0.2, 0.25) is 5.02 Å². The minimum Gasteiger partial charge on any atom is -0.399 e. The normalized spacial score (nSPS) is 11.1. The predicted molar refractivity (Wildman–Crippen MR) is 84.6 cm³/mol. The fraction of sp³-hybridized carbons (Fsp3) is 0.0667. The Kier molecular flexibility index (Phi) is 3.25. The number of anilines is 1. The number of nitrogen functional groups attached to an aromatic ring is 1. The number of halogens is 2. The first-order valence-corrected chi connectivity index (χ1v) is 7.09. The van der Waals surface area contributed by atoms with Crippen LogP contribution in [0.5, 0.6) is 0 Å². The number of hydrogen-bond donors (Lipinski definition) is 1. The van der Waals surface area contributed by atoms with Gasteiger partial charge in [0.25, 0.3) is 0 Å². The molecule has 0 bridgehead atoms. The van der Waals surface area contributed by atoms with Gasteiger partial charge in [-0.2, -0.15) is 0 Å². The van der Waals surface area contributed by atoms with Gasteiger partial charge >= 0.3 is 0 Å². The lowest BCUT2D eigenvalue weighted by molar-refractivity contribution is 0.837. The van der Waals surface area contributed by atoms with E-state index in [0.29, 0.717) is 10.7 Å². The van der Waals surface area contributed by atoms with Gasteiger partial charge in [0.2, 0.25) is 0 Å². The molecule has 2 aromatic carbocycles. The highest BCUT2D eigenvalue weighted by molar-refractivity contribution is 9.10. The Morgan fingerprint density at radius 3 is 2.79 bits per heavy atom. The number of fused-ring (bicyclic) bond motifs is 1. The minimum absolute atomic E-state index is 0.689. The molecule has 0 saturated carbocycles. The number of hydrogen-bond acceptors (Lipinski definition) is 1. The van der Waals surface area contributed by atoms with Gasteiger partial charge in [0.1, 0.15) is 0 Å². The smallest absolute Gasteiger partial charge is 0.0494 e. The number of nitrogens with zero attached hydrogens (tertiary/aromatic N) is 1. The summed E-state index contributed by atoms with van der Waals surface area (Å²) < 4.78 is 3.28. The molecule has 4 heteroatoms. The van der Waals surface area contributed by atoms with E-state index in [2.05, 4.69) is 38.8 Å². The molecule has 2 nitrogen and oxygen atoms in total. The molecule has 2 N–H and O–H groups in total. The molecule has 0 aliphatic heterocycles. The average molecular weight is 336 g/mol. The van der Waals surface area contributed by atoms with E-state index in [1.165, 1.54) is 10.9 Å². The van der Waals surface area contributed by atoms with Crippen LogP contribution in [0.25, 0.3) is 10.9 Å². The third-order valence-corrected chi connectivity index (χ3v) is 4.22. The van der Waals surface area contributed by atoms with Crippen LogP contribution in [0, 0.1) is 0 Å². The zero-order valence-electron chi connectivity index (χ0n) is 10.1. The highest BCUT2D eigenvalue weighted by atomic mass is 79.9. The summed E-state index contributed by atoms with van der Waals surface area (Å²) in [6, 6.07) is 13.9. The van der Waals surface area contributed by atoms with Crippen molar-refractivity contribution in [2.75, 3.05) is 5.73 Å². The molecule has 3 rings (SSSR count). The third-order valence-electron chi connectivity index (χ3n) is 3.18. The van der Waals surface area contributed by atoms with Crippen LogP contribution in [-0.2, 0) is 6.54 Å². The first kappa shape index (κ1) is 12.6. The first-order valence-electron chi connectivity index (χ1n) is 5.92. The number of benzene rings is 2. The summed E-state index contributed by atoms with van der Waals surface area (Å²) in [5.41, 5.74) is 8.65. The predicted octanol–water partition coefficient (Wildman–Crippen LogP) is 4.69. The van der Waals surface area contributed by atoms with Gasteiger partial charge in [-0.15, -0.1) is 0 Å². The van der Waals surface area contributed by atoms with Crippen molar-refractivity contribution >= 4 is 44.1 Å². The van der Waals surface area contributed by atoms with Gasteiger partial charge in [0.15, 0.2) is 0 Å². The van der Waals surface area contributed by atoms with Crippen LogP contribution in [-0.4, -0.2) is 4.57 Å². The number of aromatic nitrogens is 1. The Balaban J connectivity index is 2.04. The van der Waals surface area contributed by atoms with Crippen molar-refractivity contribution < 1.29 is 0 Å². The highest BCUT2D eigenvalue weighted by Gasteiger charge is 2.06. The topological polar surface area (TPSA) is 30.9 Å². The molecule has 19 heavy (non-hydrogen) atoms. The van der Waals surface area contributed by atoms with E-state index in [4.69, 9.17) is 17.3 Å². The molecule has 0 aliphatic rings. The van der Waals surface area contributed by atoms with Crippen molar-refractivity contribution in [2.24, 2.45) is 0 Å². The van der Waals surface area contributed by atoms with E-state index >= 15 is 0 Å². The van der Waals surface area contributed by atoms with E-state index in [-0.39, 0.29) is 0 Å². The van der Waals surface area contributed by atoms with Crippen molar-refractivity contribution in [3.05, 3.63) is 63.7 Å². The summed E-state index contributed by atoms with van der Waals surface area (Å²) in [6.45, 7) is 0.735. The molecule has 0 fully saturated rings. The molecular weight excluding hydrogens is 324 g/mol. The zero-order valence-corrected chi connectivity index (χ0v) is 12.4. The fourth-order valence-electron chi connectivity index (χ4n) is 2.20. The Bertz CT molecular complexity index is 749. The largest absolute Gasteiger partial charge is 0.399 e. The van der Waals surface area contributed by atoms with Crippen molar-refractivity contribution in [3.8, 4) is 0 Å². The standard InChI is InChI=1S/C15H12BrClN2/c16-13-2-1-3-15-12(13)6-7-19(15)9-10-4-5-11(18)8-14(10)17/h1-8H,9,18H2. The molecule has 1 heterocycles. The van der Waals surface area contributed by atoms with E-state index < -0.39 is 0 Å². The molecule has 0 radical (unpaired) electrons. The van der Waals surface area contributed by atoms with E-state index in [9.17, 15) is 0 Å². The molecule has 0 saturated heterocycles. The van der Waals surface area contributed by atoms with Crippen LogP contribution in [0.4, 0.5) is 5.69 Å². The summed E-state index contributed by atoms with van der Waals surface area (Å²) in [4.78, 5) is 0. The monoisotopic (exact) mass is 334 g/mol. The number of rotatable bonds is 2. The maximum Gasteiger partial charge on any atom is 0.0494 e. The van der Waals surface area contributed by atoms with Crippen molar-refractivity contribution in [3.63, 3.8) is 0 Å². The van der Waals surface area contributed by atoms with Crippen LogP contribution in [0.1, 0.15) is 5.56 Å². The molecule has 3 aromatic rings. The van der Waals surface area contributed by atoms with Crippen molar-refractivity contribution in [2.45, 2.75) is 6.54 Å². The molecular formula is C15H12BrClN2. The van der Waals surface area contributed by atoms with Gasteiger partial charge in [-0.3, -0.25) is 0 Å². The van der Waals surface area contributed by atoms with Crippen molar-refractivity contribution in [1.82, 2.24) is 4.57 Å². The Hall–Kier alpha value is -1.45. The lowest BCUT2D eigenvalue weighted by atomic mass is 10.2. The SMILES string of the molecule is Nc1ccc(Cn2ccc3c(Br)cccc32)c(Cl)c1. The zero-order chi connectivity index (χ0) is 13.4. The van der Waals surface area contributed by atoms with Crippen LogP contribution < -0.4 is 5.73 Å². The van der Waals surface area contributed by atoms with Gasteiger partial charge in [-0.25, -0.2) is 0 Å². The van der Waals surface area contributed by atoms with Crippen molar-refractivity contribution in [1.29, 1.82) is 0 Å². The lowest BCUT2D eigenvalue weighted by Gasteiger charge is -2.08. The average Bonchev–Trinajstić information content (AvgIpc) is 2.78. The lowest BCUT2D eigenvalue weighted by Crippen LogP contribution is -1.99.